The zero-order valence-corrected chi connectivity index (χ0v) is 12.5. The molecule has 3 atom stereocenters. The number of carbonyl (C=O) groups excluding carboxylic acids is 2. The number of rotatable bonds is 4. The molecule has 1 aromatic carbocycles. The fourth-order valence-corrected chi connectivity index (χ4v) is 2.49. The summed E-state index contributed by atoms with van der Waals surface area (Å²) in [6.07, 6.45) is 3.10. The number of aryl methyl sites for hydroxylation is 1. The van der Waals surface area contributed by atoms with E-state index in [0.29, 0.717) is 0 Å². The standard InChI is InChI=1S/C17H20O4/c1-11-6-4-5-7-14(11)16-9-8-15(12(2)18)17(21-16)10-20-13(3)19/h4-9,15-17H,10H2,1-3H3/t15-,16+,17-/m1/s1. The molecule has 4 heteroatoms. The maximum absolute atomic E-state index is 11.7. The Balaban J connectivity index is 2.20. The van der Waals surface area contributed by atoms with E-state index in [0.717, 1.165) is 11.1 Å². The number of ether oxygens (including phenoxy) is 2. The molecule has 0 unspecified atom stereocenters. The van der Waals surface area contributed by atoms with E-state index in [1.807, 2.05) is 43.3 Å². The molecule has 112 valence electrons. The predicted molar refractivity (Wildman–Crippen MR) is 78.7 cm³/mol. The maximum atomic E-state index is 11.7. The first-order chi connectivity index (χ1) is 9.99. The molecule has 0 saturated carbocycles. The SMILES string of the molecule is CC(=O)OC[C@H]1O[C@H](c2ccccc2C)C=C[C@@H]1C(C)=O. The molecule has 0 radical (unpaired) electrons. The van der Waals surface area contributed by atoms with Gasteiger partial charge in [-0.2, -0.15) is 0 Å². The van der Waals surface area contributed by atoms with Crippen LogP contribution in [0.1, 0.15) is 31.1 Å². The fraction of sp³-hybridized carbons (Fsp3) is 0.412. The molecule has 1 aliphatic rings. The van der Waals surface area contributed by atoms with E-state index in [2.05, 4.69) is 0 Å². The third-order valence-corrected chi connectivity index (χ3v) is 3.63. The van der Waals surface area contributed by atoms with Crippen LogP contribution in [-0.2, 0) is 19.1 Å². The maximum Gasteiger partial charge on any atom is 0.302 e. The van der Waals surface area contributed by atoms with E-state index in [4.69, 9.17) is 9.47 Å². The third kappa shape index (κ3) is 3.79. The van der Waals surface area contributed by atoms with Crippen molar-refractivity contribution in [3.63, 3.8) is 0 Å². The highest BCUT2D eigenvalue weighted by Gasteiger charge is 2.32. The van der Waals surface area contributed by atoms with E-state index >= 15 is 0 Å². The average molecular weight is 288 g/mol. The summed E-state index contributed by atoms with van der Waals surface area (Å²) in [5.74, 6) is -0.737. The van der Waals surface area contributed by atoms with Gasteiger partial charge in [-0.1, -0.05) is 36.4 Å². The van der Waals surface area contributed by atoms with Gasteiger partial charge in [0.05, 0.1) is 5.92 Å². The van der Waals surface area contributed by atoms with Crippen LogP contribution in [0.25, 0.3) is 0 Å². The molecule has 4 nitrogen and oxygen atoms in total. The van der Waals surface area contributed by atoms with Gasteiger partial charge in [-0.25, -0.2) is 0 Å². The Morgan fingerprint density at radius 2 is 1.90 bits per heavy atom. The first kappa shape index (κ1) is 15.4. The number of Topliss-reactive ketones (excluding diaryl/α,β-unsaturated/α-hetero) is 1. The van der Waals surface area contributed by atoms with Crippen LogP contribution < -0.4 is 0 Å². The summed E-state index contributed by atoms with van der Waals surface area (Å²) < 4.78 is 11.0. The zero-order chi connectivity index (χ0) is 15.4. The van der Waals surface area contributed by atoms with Crippen molar-refractivity contribution in [1.29, 1.82) is 0 Å². The van der Waals surface area contributed by atoms with Gasteiger partial charge < -0.3 is 9.47 Å². The van der Waals surface area contributed by atoms with Gasteiger partial charge in [-0.05, 0) is 25.0 Å². The molecule has 1 aromatic rings. The minimum Gasteiger partial charge on any atom is -0.463 e. The normalized spacial score (nSPS) is 24.6. The van der Waals surface area contributed by atoms with E-state index in [9.17, 15) is 9.59 Å². The average Bonchev–Trinajstić information content (AvgIpc) is 2.45. The van der Waals surface area contributed by atoms with Crippen molar-refractivity contribution in [3.05, 3.63) is 47.5 Å². The van der Waals surface area contributed by atoms with Gasteiger partial charge >= 0.3 is 5.97 Å². The van der Waals surface area contributed by atoms with E-state index in [-0.39, 0.29) is 30.4 Å². The van der Waals surface area contributed by atoms with Crippen LogP contribution in [0.2, 0.25) is 0 Å². The van der Waals surface area contributed by atoms with Gasteiger partial charge in [0.15, 0.2) is 0 Å². The van der Waals surface area contributed by atoms with Crippen LogP contribution >= 0.6 is 0 Å². The predicted octanol–water partition coefficient (Wildman–Crippen LogP) is 2.76. The van der Waals surface area contributed by atoms with Gasteiger partial charge in [0.1, 0.15) is 24.6 Å². The lowest BCUT2D eigenvalue weighted by atomic mass is 9.92. The van der Waals surface area contributed by atoms with Crippen molar-refractivity contribution >= 4 is 11.8 Å². The molecule has 0 aliphatic carbocycles. The molecule has 2 rings (SSSR count). The Hall–Kier alpha value is -1.94. The molecule has 1 heterocycles. The molecule has 0 spiro atoms. The summed E-state index contributed by atoms with van der Waals surface area (Å²) in [6.45, 7) is 4.98. The van der Waals surface area contributed by atoms with Crippen LogP contribution in [-0.4, -0.2) is 24.5 Å². The van der Waals surface area contributed by atoms with Gasteiger partial charge in [0, 0.05) is 6.92 Å². The Kier molecular flexibility index (Phi) is 4.91. The van der Waals surface area contributed by atoms with Gasteiger partial charge in [-0.3, -0.25) is 9.59 Å². The van der Waals surface area contributed by atoms with Crippen LogP contribution in [0.15, 0.2) is 36.4 Å². The van der Waals surface area contributed by atoms with E-state index < -0.39 is 6.10 Å². The molecule has 0 N–H and O–H groups in total. The summed E-state index contributed by atoms with van der Waals surface area (Å²) in [4.78, 5) is 22.7. The largest absolute Gasteiger partial charge is 0.463 e. The van der Waals surface area contributed by atoms with Crippen LogP contribution in [0.3, 0.4) is 0 Å². The fourth-order valence-electron chi connectivity index (χ4n) is 2.49. The summed E-state index contributed by atoms with van der Waals surface area (Å²) >= 11 is 0. The monoisotopic (exact) mass is 288 g/mol. The van der Waals surface area contributed by atoms with Crippen molar-refractivity contribution in [1.82, 2.24) is 0 Å². The molecule has 0 bridgehead atoms. The number of carbonyl (C=O) groups is 2. The molecule has 0 saturated heterocycles. The zero-order valence-electron chi connectivity index (χ0n) is 12.5. The lowest BCUT2D eigenvalue weighted by Crippen LogP contribution is -2.36. The molecule has 0 aromatic heterocycles. The second-order valence-electron chi connectivity index (χ2n) is 5.28. The van der Waals surface area contributed by atoms with Gasteiger partial charge in [0.25, 0.3) is 0 Å². The van der Waals surface area contributed by atoms with Crippen LogP contribution in [0.4, 0.5) is 0 Å². The topological polar surface area (TPSA) is 52.6 Å². The highest BCUT2D eigenvalue weighted by molar-refractivity contribution is 5.81. The molecule has 0 fully saturated rings. The summed E-state index contributed by atoms with van der Waals surface area (Å²) in [5.41, 5.74) is 2.18. The summed E-state index contributed by atoms with van der Waals surface area (Å²) in [5, 5.41) is 0. The number of ketones is 1. The lowest BCUT2D eigenvalue weighted by Gasteiger charge is -2.31. The number of benzene rings is 1. The number of esters is 1. The number of hydrogen-bond acceptors (Lipinski definition) is 4. The smallest absolute Gasteiger partial charge is 0.302 e. The second-order valence-corrected chi connectivity index (χ2v) is 5.28. The highest BCUT2D eigenvalue weighted by Crippen LogP contribution is 2.31. The van der Waals surface area contributed by atoms with Crippen molar-refractivity contribution in [3.8, 4) is 0 Å². The van der Waals surface area contributed by atoms with Crippen LogP contribution in [0, 0.1) is 12.8 Å². The van der Waals surface area contributed by atoms with Crippen molar-refractivity contribution in [2.45, 2.75) is 33.0 Å². The van der Waals surface area contributed by atoms with Gasteiger partial charge in [0.2, 0.25) is 0 Å². The Morgan fingerprint density at radius 1 is 1.19 bits per heavy atom. The lowest BCUT2D eigenvalue weighted by molar-refractivity contribution is -0.151. The Labute approximate surface area is 124 Å². The second kappa shape index (κ2) is 6.68. The molecule has 0 amide bonds. The number of hydrogen-bond donors (Lipinski definition) is 0. The molecular weight excluding hydrogens is 268 g/mol. The minimum absolute atomic E-state index is 0.00614. The van der Waals surface area contributed by atoms with Crippen molar-refractivity contribution < 1.29 is 19.1 Å². The van der Waals surface area contributed by atoms with E-state index in [1.54, 1.807) is 0 Å². The van der Waals surface area contributed by atoms with E-state index in [1.165, 1.54) is 13.8 Å². The van der Waals surface area contributed by atoms with Crippen LogP contribution in [0.5, 0.6) is 0 Å². The Morgan fingerprint density at radius 3 is 2.52 bits per heavy atom. The highest BCUT2D eigenvalue weighted by atomic mass is 16.6. The van der Waals surface area contributed by atoms with Gasteiger partial charge in [-0.15, -0.1) is 0 Å². The summed E-state index contributed by atoms with van der Waals surface area (Å²) in [6, 6.07) is 7.95. The van der Waals surface area contributed by atoms with Crippen molar-refractivity contribution in [2.24, 2.45) is 5.92 Å². The first-order valence-corrected chi connectivity index (χ1v) is 7.02. The molecule has 21 heavy (non-hydrogen) atoms. The minimum atomic E-state index is -0.444. The molecule has 1 aliphatic heterocycles. The third-order valence-electron chi connectivity index (χ3n) is 3.63. The quantitative estimate of drug-likeness (QED) is 0.631. The first-order valence-electron chi connectivity index (χ1n) is 7.02. The summed E-state index contributed by atoms with van der Waals surface area (Å²) in [7, 11) is 0. The van der Waals surface area contributed by atoms with Crippen molar-refractivity contribution in [2.75, 3.05) is 6.61 Å². The molecular formula is C17H20O4. The Bertz CT molecular complexity index is 562.